The number of aryl methyl sites for hydroxylation is 1. The van der Waals surface area contributed by atoms with E-state index in [1.807, 2.05) is 36.1 Å². The number of para-hydroxylation sites is 1. The first-order valence-electron chi connectivity index (χ1n) is 9.73. The number of amides is 1. The smallest absolute Gasteiger partial charge is 0.293 e. The average Bonchev–Trinajstić information content (AvgIpc) is 2.74. The maximum absolute atomic E-state index is 12.6. The van der Waals surface area contributed by atoms with E-state index in [4.69, 9.17) is 12.2 Å². The molecule has 0 unspecified atom stereocenters. The minimum atomic E-state index is -0.482. The van der Waals surface area contributed by atoms with Crippen molar-refractivity contribution in [1.82, 2.24) is 5.32 Å². The predicted octanol–water partition coefficient (Wildman–Crippen LogP) is 4.27. The van der Waals surface area contributed by atoms with E-state index in [1.54, 1.807) is 12.1 Å². The molecule has 3 rings (SSSR count). The largest absolute Gasteiger partial charge is 0.366 e. The van der Waals surface area contributed by atoms with Gasteiger partial charge in [-0.25, -0.2) is 0 Å². The standard InChI is InChI=1S/C21H24N4O3S/c1-2-15-8-4-5-9-17(15)22-21(29)23-20(26)16-10-11-18(19(14-16)25(27)28)24-12-6-3-7-13-24/h4-5,8-11,14H,2-3,6-7,12-13H2,1H3,(H2,22,23,26,29). The summed E-state index contributed by atoms with van der Waals surface area (Å²) in [7, 11) is 0. The van der Waals surface area contributed by atoms with Crippen molar-refractivity contribution in [1.29, 1.82) is 0 Å². The Hall–Kier alpha value is -3.00. The number of nitrogens with zero attached hydrogens (tertiary/aromatic N) is 2. The summed E-state index contributed by atoms with van der Waals surface area (Å²) in [5, 5.41) is 17.4. The highest BCUT2D eigenvalue weighted by Crippen LogP contribution is 2.31. The SMILES string of the molecule is CCc1ccccc1NC(=S)NC(=O)c1ccc(N2CCCCC2)c([N+](=O)[O-])c1. The fourth-order valence-electron chi connectivity index (χ4n) is 3.49. The van der Waals surface area contributed by atoms with Gasteiger partial charge in [0.05, 0.1) is 4.92 Å². The van der Waals surface area contributed by atoms with E-state index in [0.717, 1.165) is 50.0 Å². The van der Waals surface area contributed by atoms with Crippen LogP contribution < -0.4 is 15.5 Å². The van der Waals surface area contributed by atoms with E-state index in [0.29, 0.717) is 5.69 Å². The van der Waals surface area contributed by atoms with Crippen molar-refractivity contribution in [2.45, 2.75) is 32.6 Å². The molecule has 1 amide bonds. The van der Waals surface area contributed by atoms with E-state index < -0.39 is 10.8 Å². The number of nitro benzene ring substituents is 1. The lowest BCUT2D eigenvalue weighted by molar-refractivity contribution is -0.384. The normalized spacial score (nSPS) is 13.6. The van der Waals surface area contributed by atoms with Crippen LogP contribution >= 0.6 is 12.2 Å². The molecule has 1 aliphatic rings. The molecule has 29 heavy (non-hydrogen) atoms. The molecule has 7 nitrogen and oxygen atoms in total. The van der Waals surface area contributed by atoms with Crippen LogP contribution in [0.15, 0.2) is 42.5 Å². The Kier molecular flexibility index (Phi) is 6.77. The third-order valence-corrected chi connectivity index (χ3v) is 5.21. The molecule has 152 valence electrons. The van der Waals surface area contributed by atoms with Crippen molar-refractivity contribution in [3.63, 3.8) is 0 Å². The van der Waals surface area contributed by atoms with Gasteiger partial charge in [0.15, 0.2) is 5.11 Å². The molecular weight excluding hydrogens is 388 g/mol. The highest BCUT2D eigenvalue weighted by molar-refractivity contribution is 7.80. The number of benzene rings is 2. The molecule has 1 fully saturated rings. The molecule has 0 aromatic heterocycles. The summed E-state index contributed by atoms with van der Waals surface area (Å²) in [6, 6.07) is 12.3. The fourth-order valence-corrected chi connectivity index (χ4v) is 3.70. The summed E-state index contributed by atoms with van der Waals surface area (Å²) in [5.41, 5.74) is 2.60. The number of nitrogens with one attached hydrogen (secondary N) is 2. The lowest BCUT2D eigenvalue weighted by atomic mass is 10.1. The number of thiocarbonyl (C=S) groups is 1. The zero-order chi connectivity index (χ0) is 20.8. The van der Waals surface area contributed by atoms with Gasteiger partial charge in [0.25, 0.3) is 11.6 Å². The first kappa shape index (κ1) is 20.7. The van der Waals surface area contributed by atoms with Crippen molar-refractivity contribution >= 4 is 40.3 Å². The molecular formula is C21H24N4O3S. The molecule has 0 aliphatic carbocycles. The second-order valence-electron chi connectivity index (χ2n) is 6.93. The summed E-state index contributed by atoms with van der Waals surface area (Å²) >= 11 is 5.25. The van der Waals surface area contributed by atoms with Gasteiger partial charge < -0.3 is 10.2 Å². The first-order chi connectivity index (χ1) is 14.0. The van der Waals surface area contributed by atoms with Crippen molar-refractivity contribution in [2.75, 3.05) is 23.3 Å². The van der Waals surface area contributed by atoms with Gasteiger partial charge in [0.1, 0.15) is 5.69 Å². The van der Waals surface area contributed by atoms with Gasteiger partial charge in [-0.3, -0.25) is 20.2 Å². The molecule has 2 N–H and O–H groups in total. The summed E-state index contributed by atoms with van der Waals surface area (Å²) in [5.74, 6) is -0.482. The summed E-state index contributed by atoms with van der Waals surface area (Å²) in [4.78, 5) is 25.7. The van der Waals surface area contributed by atoms with Crippen LogP contribution in [0.2, 0.25) is 0 Å². The number of rotatable bonds is 5. The third-order valence-electron chi connectivity index (χ3n) is 5.00. The monoisotopic (exact) mass is 412 g/mol. The van der Waals surface area contributed by atoms with Crippen molar-refractivity contribution in [2.24, 2.45) is 0 Å². The second kappa shape index (κ2) is 9.47. The van der Waals surface area contributed by atoms with Gasteiger partial charge in [-0.15, -0.1) is 0 Å². The van der Waals surface area contributed by atoms with Crippen LogP contribution in [0.5, 0.6) is 0 Å². The first-order valence-corrected chi connectivity index (χ1v) is 10.1. The lowest BCUT2D eigenvalue weighted by Crippen LogP contribution is -2.34. The van der Waals surface area contributed by atoms with Crippen LogP contribution in [0.25, 0.3) is 0 Å². The predicted molar refractivity (Wildman–Crippen MR) is 119 cm³/mol. The summed E-state index contributed by atoms with van der Waals surface area (Å²) < 4.78 is 0. The topological polar surface area (TPSA) is 87.5 Å². The Bertz CT molecular complexity index is 926. The Balaban J connectivity index is 1.74. The number of carbonyl (C=O) groups excluding carboxylic acids is 1. The number of nitro groups is 1. The molecule has 1 heterocycles. The Morgan fingerprint density at radius 2 is 1.90 bits per heavy atom. The van der Waals surface area contributed by atoms with Crippen LogP contribution in [0.3, 0.4) is 0 Å². The third kappa shape index (κ3) is 5.08. The van der Waals surface area contributed by atoms with E-state index in [-0.39, 0.29) is 16.4 Å². The second-order valence-corrected chi connectivity index (χ2v) is 7.34. The van der Waals surface area contributed by atoms with Gasteiger partial charge in [-0.05, 0) is 61.7 Å². The molecule has 1 aliphatic heterocycles. The van der Waals surface area contributed by atoms with Crippen LogP contribution in [-0.4, -0.2) is 29.0 Å². The zero-order valence-electron chi connectivity index (χ0n) is 16.3. The quantitative estimate of drug-likeness (QED) is 0.433. The van der Waals surface area contributed by atoms with Gasteiger partial charge in [-0.1, -0.05) is 25.1 Å². The van der Waals surface area contributed by atoms with E-state index in [1.165, 1.54) is 6.07 Å². The molecule has 2 aromatic rings. The van der Waals surface area contributed by atoms with Crippen molar-refractivity contribution in [3.8, 4) is 0 Å². The van der Waals surface area contributed by atoms with Crippen LogP contribution in [0, 0.1) is 10.1 Å². The van der Waals surface area contributed by atoms with Crippen LogP contribution in [0.1, 0.15) is 42.1 Å². The Labute approximate surface area is 175 Å². The van der Waals surface area contributed by atoms with Crippen LogP contribution in [-0.2, 0) is 6.42 Å². The fraction of sp³-hybridized carbons (Fsp3) is 0.333. The minimum absolute atomic E-state index is 0.0604. The van der Waals surface area contributed by atoms with E-state index >= 15 is 0 Å². The number of anilines is 2. The van der Waals surface area contributed by atoms with Crippen molar-refractivity contribution < 1.29 is 9.72 Å². The summed E-state index contributed by atoms with van der Waals surface area (Å²) in [6.45, 7) is 3.61. The molecule has 0 saturated carbocycles. The number of piperidine rings is 1. The lowest BCUT2D eigenvalue weighted by Gasteiger charge is -2.28. The maximum atomic E-state index is 12.6. The van der Waals surface area contributed by atoms with Gasteiger partial charge in [0, 0.05) is 30.4 Å². The molecule has 0 atom stereocenters. The Morgan fingerprint density at radius 3 is 2.59 bits per heavy atom. The molecule has 1 saturated heterocycles. The molecule has 0 radical (unpaired) electrons. The van der Waals surface area contributed by atoms with E-state index in [2.05, 4.69) is 10.6 Å². The molecule has 0 bridgehead atoms. The molecule has 0 spiro atoms. The summed E-state index contributed by atoms with van der Waals surface area (Å²) in [6.07, 6.45) is 3.98. The van der Waals surface area contributed by atoms with Crippen LogP contribution in [0.4, 0.5) is 17.1 Å². The highest BCUT2D eigenvalue weighted by atomic mass is 32.1. The van der Waals surface area contributed by atoms with Crippen molar-refractivity contribution in [3.05, 3.63) is 63.7 Å². The average molecular weight is 413 g/mol. The van der Waals surface area contributed by atoms with Gasteiger partial charge in [-0.2, -0.15) is 0 Å². The number of hydrogen-bond donors (Lipinski definition) is 2. The molecule has 8 heteroatoms. The maximum Gasteiger partial charge on any atom is 0.293 e. The number of hydrogen-bond acceptors (Lipinski definition) is 5. The molecule has 2 aromatic carbocycles. The minimum Gasteiger partial charge on any atom is -0.366 e. The van der Waals surface area contributed by atoms with Gasteiger partial charge in [0.2, 0.25) is 0 Å². The Morgan fingerprint density at radius 1 is 1.17 bits per heavy atom. The van der Waals surface area contributed by atoms with E-state index in [9.17, 15) is 14.9 Å². The van der Waals surface area contributed by atoms with Gasteiger partial charge >= 0.3 is 0 Å². The number of carbonyl (C=O) groups is 1. The highest BCUT2D eigenvalue weighted by Gasteiger charge is 2.23. The zero-order valence-corrected chi connectivity index (χ0v) is 17.1.